The van der Waals surface area contributed by atoms with Crippen molar-refractivity contribution >= 4 is 29.1 Å². The van der Waals surface area contributed by atoms with E-state index in [1.54, 1.807) is 19.9 Å². The molecule has 0 bridgehead atoms. The van der Waals surface area contributed by atoms with Gasteiger partial charge < -0.3 is 9.47 Å². The van der Waals surface area contributed by atoms with Crippen LogP contribution in [0.15, 0.2) is 64.8 Å². The summed E-state index contributed by atoms with van der Waals surface area (Å²) in [4.78, 5) is 56.4. The molecule has 0 radical (unpaired) electrons. The summed E-state index contributed by atoms with van der Waals surface area (Å²) in [6, 6.07) is 11.4. The van der Waals surface area contributed by atoms with E-state index in [1.165, 1.54) is 49.6 Å². The van der Waals surface area contributed by atoms with E-state index in [1.807, 2.05) is 0 Å². The molecular formula is C30H32FN3O7. The van der Waals surface area contributed by atoms with Crippen molar-refractivity contribution in [3.8, 4) is 0 Å². The molecule has 2 atom stereocenters. The minimum Gasteiger partial charge on any atom is -0.468 e. The van der Waals surface area contributed by atoms with Gasteiger partial charge in [0.1, 0.15) is 18.3 Å². The van der Waals surface area contributed by atoms with Crippen molar-refractivity contribution in [2.75, 3.05) is 33.4 Å². The van der Waals surface area contributed by atoms with Gasteiger partial charge >= 0.3 is 11.9 Å². The molecule has 0 N–H and O–H groups in total. The fourth-order valence-corrected chi connectivity index (χ4v) is 5.54. The minimum atomic E-state index is -0.953. The number of hydrogen-bond donors (Lipinski definition) is 0. The number of hydrogen-bond acceptors (Lipinski definition) is 9. The first-order valence-corrected chi connectivity index (χ1v) is 13.4. The number of Topliss-reactive ketones (excluding diaryl/α,β-unsaturated/α-hetero) is 1. The average Bonchev–Trinajstić information content (AvgIpc) is 2.96. The predicted molar refractivity (Wildman–Crippen MR) is 148 cm³/mol. The maximum atomic E-state index is 13.4. The lowest BCUT2D eigenvalue weighted by molar-refractivity contribution is -0.384. The molecule has 2 aromatic carbocycles. The number of carbonyl (C=O) groups is 3. The maximum Gasteiger partial charge on any atom is 0.336 e. The topological polar surface area (TPSA) is 128 Å². The number of methoxy groups -OCH3 is 1. The van der Waals surface area contributed by atoms with E-state index in [-0.39, 0.29) is 35.4 Å². The van der Waals surface area contributed by atoms with Crippen LogP contribution in [0.5, 0.6) is 0 Å². The minimum absolute atomic E-state index is 0.000937. The number of ketones is 1. The molecule has 2 heterocycles. The Hall–Kier alpha value is -4.25. The fourth-order valence-electron chi connectivity index (χ4n) is 5.54. The number of likely N-dealkylation sites (tertiary alicyclic amines) is 1. The zero-order chi connectivity index (χ0) is 29.7. The van der Waals surface area contributed by atoms with Crippen molar-refractivity contribution in [2.45, 2.75) is 32.6 Å². The zero-order valence-electron chi connectivity index (χ0n) is 23.2. The molecule has 0 saturated carbocycles. The Morgan fingerprint density at radius 2 is 1.78 bits per heavy atom. The quantitative estimate of drug-likeness (QED) is 0.188. The van der Waals surface area contributed by atoms with Crippen molar-refractivity contribution in [3.63, 3.8) is 0 Å². The van der Waals surface area contributed by atoms with Gasteiger partial charge in [-0.1, -0.05) is 12.1 Å². The highest BCUT2D eigenvalue weighted by atomic mass is 19.1. The second kappa shape index (κ2) is 12.9. The first-order valence-electron chi connectivity index (χ1n) is 13.4. The Bertz CT molecular complexity index is 1400. The van der Waals surface area contributed by atoms with Gasteiger partial charge in [-0.15, -0.1) is 0 Å². The van der Waals surface area contributed by atoms with E-state index < -0.39 is 28.7 Å². The van der Waals surface area contributed by atoms with E-state index in [0.717, 1.165) is 0 Å². The molecule has 1 saturated heterocycles. The van der Waals surface area contributed by atoms with Gasteiger partial charge in [0.2, 0.25) is 0 Å². The Kier molecular flexibility index (Phi) is 9.38. The number of halogens is 1. The largest absolute Gasteiger partial charge is 0.468 e. The lowest BCUT2D eigenvalue weighted by atomic mass is 9.75. The average molecular weight is 566 g/mol. The van der Waals surface area contributed by atoms with Crippen LogP contribution in [0, 0.1) is 27.8 Å². The van der Waals surface area contributed by atoms with Gasteiger partial charge in [0.25, 0.3) is 5.69 Å². The number of nitro groups is 1. The number of ether oxygens (including phenoxy) is 2. The zero-order valence-corrected chi connectivity index (χ0v) is 23.2. The first kappa shape index (κ1) is 29.7. The Labute approximate surface area is 237 Å². The summed E-state index contributed by atoms with van der Waals surface area (Å²) in [5, 5.41) is 11.4. The summed E-state index contributed by atoms with van der Waals surface area (Å²) in [5.41, 5.74) is 1.68. The number of piperidine rings is 1. The number of allylic oxidation sites excluding steroid dienone is 1. The van der Waals surface area contributed by atoms with Gasteiger partial charge in [-0.05, 0) is 69.6 Å². The monoisotopic (exact) mass is 565 g/mol. The molecule has 41 heavy (non-hydrogen) atoms. The standard InChI is InChI=1S/C30H32FN3O7/c1-18-25(29(36)40-3)27(22-5-4-6-24(17-22)34(38)39)26(19(2)32-18)30(37)41-16-15-33-13-11-21(12-14-33)28(35)20-7-9-23(31)10-8-20/h4-10,17,21,25,27H,11-16H2,1-3H3. The molecule has 2 aliphatic heterocycles. The fraction of sp³-hybridized carbons (Fsp3) is 0.400. The summed E-state index contributed by atoms with van der Waals surface area (Å²) >= 11 is 0. The van der Waals surface area contributed by atoms with Gasteiger partial charge in [-0.3, -0.25) is 29.6 Å². The van der Waals surface area contributed by atoms with Gasteiger partial charge in [-0.25, -0.2) is 9.18 Å². The number of rotatable bonds is 9. The molecule has 216 valence electrons. The van der Waals surface area contributed by atoms with E-state index >= 15 is 0 Å². The predicted octanol–water partition coefficient (Wildman–Crippen LogP) is 4.49. The third-order valence-electron chi connectivity index (χ3n) is 7.67. The third kappa shape index (κ3) is 6.74. The van der Waals surface area contributed by atoms with Crippen LogP contribution in [0.25, 0.3) is 0 Å². The van der Waals surface area contributed by atoms with Crippen LogP contribution < -0.4 is 0 Å². The van der Waals surface area contributed by atoms with Crippen LogP contribution in [0.1, 0.15) is 48.5 Å². The molecule has 10 nitrogen and oxygen atoms in total. The summed E-state index contributed by atoms with van der Waals surface area (Å²) < 4.78 is 23.8. The highest BCUT2D eigenvalue weighted by Crippen LogP contribution is 2.41. The molecule has 2 aromatic rings. The van der Waals surface area contributed by atoms with E-state index in [9.17, 15) is 28.9 Å². The van der Waals surface area contributed by atoms with Crippen LogP contribution in [-0.4, -0.2) is 66.6 Å². The number of non-ortho nitro benzene ring substituents is 1. The van der Waals surface area contributed by atoms with E-state index in [4.69, 9.17) is 9.47 Å². The maximum absolute atomic E-state index is 13.4. The van der Waals surface area contributed by atoms with Gasteiger partial charge in [0.05, 0.1) is 17.6 Å². The molecule has 11 heteroatoms. The number of nitrogens with zero attached hydrogens (tertiary/aromatic N) is 3. The van der Waals surface area contributed by atoms with Crippen molar-refractivity contribution in [1.82, 2.24) is 4.90 Å². The second-order valence-corrected chi connectivity index (χ2v) is 10.2. The molecular weight excluding hydrogens is 533 g/mol. The lowest BCUT2D eigenvalue weighted by Gasteiger charge is -2.32. The summed E-state index contributed by atoms with van der Waals surface area (Å²) in [6.07, 6.45) is 1.27. The highest BCUT2D eigenvalue weighted by Gasteiger charge is 2.42. The van der Waals surface area contributed by atoms with E-state index in [2.05, 4.69) is 9.89 Å². The van der Waals surface area contributed by atoms with Gasteiger partial charge in [0.15, 0.2) is 5.78 Å². The normalized spacial score (nSPS) is 19.9. The molecule has 2 aliphatic rings. The van der Waals surface area contributed by atoms with Gasteiger partial charge in [-0.2, -0.15) is 0 Å². The number of aliphatic imine (C=N–C) groups is 1. The number of nitro benzene ring substituents is 1. The van der Waals surface area contributed by atoms with E-state index in [0.29, 0.717) is 55.0 Å². The Balaban J connectivity index is 1.42. The smallest absolute Gasteiger partial charge is 0.336 e. The molecule has 1 fully saturated rings. The summed E-state index contributed by atoms with van der Waals surface area (Å²) in [5.74, 6) is -3.64. The Morgan fingerprint density at radius 3 is 2.41 bits per heavy atom. The molecule has 2 unspecified atom stereocenters. The van der Waals surface area contributed by atoms with Crippen molar-refractivity contribution < 1.29 is 33.2 Å². The molecule has 0 spiro atoms. The van der Waals surface area contributed by atoms with Crippen LogP contribution in [0.4, 0.5) is 10.1 Å². The van der Waals surface area contributed by atoms with Crippen LogP contribution >= 0.6 is 0 Å². The lowest BCUT2D eigenvalue weighted by Crippen LogP contribution is -2.39. The molecule has 4 rings (SSSR count). The van der Waals surface area contributed by atoms with Crippen molar-refractivity contribution in [2.24, 2.45) is 16.8 Å². The second-order valence-electron chi connectivity index (χ2n) is 10.2. The molecule has 0 aliphatic carbocycles. The third-order valence-corrected chi connectivity index (χ3v) is 7.67. The summed E-state index contributed by atoms with van der Waals surface area (Å²) in [7, 11) is 1.24. The number of esters is 2. The molecule has 0 amide bonds. The SMILES string of the molecule is COC(=O)C1C(C)=NC(C)=C(C(=O)OCCN2CCC(C(=O)c3ccc(F)cc3)CC2)C1c1cccc([N+](=O)[O-])c1. The van der Waals surface area contributed by atoms with Crippen LogP contribution in [0.2, 0.25) is 0 Å². The first-order chi connectivity index (χ1) is 19.6. The van der Waals surface area contributed by atoms with Crippen LogP contribution in [0.3, 0.4) is 0 Å². The van der Waals surface area contributed by atoms with Gasteiger partial charge in [0, 0.05) is 47.5 Å². The Morgan fingerprint density at radius 1 is 1.10 bits per heavy atom. The number of carbonyl (C=O) groups excluding carboxylic acids is 3. The summed E-state index contributed by atoms with van der Waals surface area (Å²) in [6.45, 7) is 5.09. The van der Waals surface area contributed by atoms with Crippen molar-refractivity contribution in [3.05, 3.63) is 86.9 Å². The number of benzene rings is 2. The highest BCUT2D eigenvalue weighted by molar-refractivity contribution is 6.07. The van der Waals surface area contributed by atoms with Crippen LogP contribution in [-0.2, 0) is 19.1 Å². The van der Waals surface area contributed by atoms with Crippen molar-refractivity contribution in [1.29, 1.82) is 0 Å². The molecule has 0 aromatic heterocycles.